The summed E-state index contributed by atoms with van der Waals surface area (Å²) in [7, 11) is 1.41. The van der Waals surface area contributed by atoms with Gasteiger partial charge in [-0.25, -0.2) is 0 Å². The van der Waals surface area contributed by atoms with Crippen LogP contribution in [0.5, 0.6) is 0 Å². The number of carbonyl (C=O) groups excluding carboxylic acids is 1. The maximum atomic E-state index is 11.4. The zero-order valence-electron chi connectivity index (χ0n) is 12.9. The molecular weight excluding hydrogens is 278 g/mol. The average molecular weight is 299 g/mol. The van der Waals surface area contributed by atoms with E-state index in [1.54, 1.807) is 0 Å². The summed E-state index contributed by atoms with van der Waals surface area (Å²) in [6, 6.07) is 8.13. The van der Waals surface area contributed by atoms with E-state index in [2.05, 4.69) is 11.1 Å². The van der Waals surface area contributed by atoms with Gasteiger partial charge in [-0.1, -0.05) is 6.07 Å². The molecule has 1 aliphatic heterocycles. The zero-order chi connectivity index (χ0) is 15.4. The van der Waals surface area contributed by atoms with Crippen molar-refractivity contribution in [1.29, 1.82) is 0 Å². The van der Waals surface area contributed by atoms with E-state index in [1.165, 1.54) is 12.7 Å². The van der Waals surface area contributed by atoms with Gasteiger partial charge in [0.2, 0.25) is 0 Å². The number of nitrogens with zero attached hydrogens (tertiary/aromatic N) is 1. The van der Waals surface area contributed by atoms with Crippen LogP contribution in [0.15, 0.2) is 30.5 Å². The van der Waals surface area contributed by atoms with E-state index < -0.39 is 0 Å². The number of methoxy groups -OCH3 is 1. The van der Waals surface area contributed by atoms with Crippen molar-refractivity contribution >= 4 is 16.9 Å². The smallest absolute Gasteiger partial charge is 0.309 e. The molecule has 0 atom stereocenters. The van der Waals surface area contributed by atoms with Gasteiger partial charge < -0.3 is 9.47 Å². The van der Waals surface area contributed by atoms with E-state index >= 15 is 0 Å². The molecule has 116 valence electrons. The predicted molar refractivity (Wildman–Crippen MR) is 84.7 cm³/mol. The predicted octanol–water partition coefficient (Wildman–Crippen LogP) is 2.92. The highest BCUT2D eigenvalue weighted by Crippen LogP contribution is 2.22. The molecular formula is C18H21NO3. The fourth-order valence-corrected chi connectivity index (χ4v) is 2.97. The van der Waals surface area contributed by atoms with Crippen molar-refractivity contribution in [3.63, 3.8) is 0 Å². The summed E-state index contributed by atoms with van der Waals surface area (Å²) in [5, 5.41) is 1.09. The molecule has 0 spiro atoms. The number of hydrogen-bond acceptors (Lipinski definition) is 4. The maximum absolute atomic E-state index is 11.4. The molecule has 1 saturated heterocycles. The molecule has 0 saturated carbocycles. The lowest BCUT2D eigenvalue weighted by Crippen LogP contribution is -2.17. The number of pyridine rings is 1. The number of aromatic nitrogens is 1. The number of hydrogen-bond donors (Lipinski definition) is 0. The van der Waals surface area contributed by atoms with Gasteiger partial charge in [-0.3, -0.25) is 9.78 Å². The van der Waals surface area contributed by atoms with Crippen LogP contribution in [-0.2, 0) is 27.1 Å². The lowest BCUT2D eigenvalue weighted by molar-refractivity contribution is -0.139. The first-order valence-corrected chi connectivity index (χ1v) is 7.77. The second-order valence-electron chi connectivity index (χ2n) is 5.88. The summed E-state index contributed by atoms with van der Waals surface area (Å²) in [5.41, 5.74) is 3.18. The quantitative estimate of drug-likeness (QED) is 0.815. The summed E-state index contributed by atoms with van der Waals surface area (Å²) < 4.78 is 10.1. The van der Waals surface area contributed by atoms with Crippen molar-refractivity contribution in [3.05, 3.63) is 41.6 Å². The largest absolute Gasteiger partial charge is 0.469 e. The standard InChI is InChI=1S/C18H21NO3/c1-21-18(20)11-14-2-3-17-16(9-14)10-15(12-19-17)8-13-4-6-22-7-5-13/h2-3,9-10,12-13H,4-8,11H2,1H3. The number of benzene rings is 1. The van der Waals surface area contributed by atoms with Crippen LogP contribution < -0.4 is 0 Å². The molecule has 0 amide bonds. The first-order chi connectivity index (χ1) is 10.7. The van der Waals surface area contributed by atoms with Crippen LogP contribution in [-0.4, -0.2) is 31.3 Å². The van der Waals surface area contributed by atoms with Gasteiger partial charge in [0.1, 0.15) is 0 Å². The minimum atomic E-state index is -0.217. The van der Waals surface area contributed by atoms with Gasteiger partial charge in [-0.2, -0.15) is 0 Å². The van der Waals surface area contributed by atoms with Crippen LogP contribution in [0.2, 0.25) is 0 Å². The number of carbonyl (C=O) groups is 1. The third kappa shape index (κ3) is 3.63. The Morgan fingerprint density at radius 1 is 1.27 bits per heavy atom. The molecule has 1 fully saturated rings. The van der Waals surface area contributed by atoms with Crippen molar-refractivity contribution < 1.29 is 14.3 Å². The second-order valence-corrected chi connectivity index (χ2v) is 5.88. The molecule has 1 aromatic carbocycles. The van der Waals surface area contributed by atoms with E-state index in [4.69, 9.17) is 9.47 Å². The highest BCUT2D eigenvalue weighted by atomic mass is 16.5. The van der Waals surface area contributed by atoms with E-state index in [0.717, 1.165) is 48.9 Å². The zero-order valence-corrected chi connectivity index (χ0v) is 12.9. The normalized spacial score (nSPS) is 15.9. The van der Waals surface area contributed by atoms with Crippen LogP contribution in [0.25, 0.3) is 10.9 Å². The van der Waals surface area contributed by atoms with Crippen LogP contribution in [0.3, 0.4) is 0 Å². The van der Waals surface area contributed by atoms with Crippen molar-refractivity contribution in [2.75, 3.05) is 20.3 Å². The average Bonchev–Trinajstić information content (AvgIpc) is 2.55. The van der Waals surface area contributed by atoms with Gasteiger partial charge in [-0.05, 0) is 54.5 Å². The molecule has 4 heteroatoms. The Labute approximate surface area is 130 Å². The van der Waals surface area contributed by atoms with Crippen molar-refractivity contribution in [3.8, 4) is 0 Å². The Kier molecular flexibility index (Phi) is 4.68. The van der Waals surface area contributed by atoms with Gasteiger partial charge in [-0.15, -0.1) is 0 Å². The molecule has 0 radical (unpaired) electrons. The first-order valence-electron chi connectivity index (χ1n) is 7.77. The molecule has 2 aromatic rings. The van der Waals surface area contributed by atoms with Gasteiger partial charge in [0.05, 0.1) is 19.0 Å². The Bertz CT molecular complexity index is 662. The molecule has 1 aromatic heterocycles. The van der Waals surface area contributed by atoms with Gasteiger partial charge in [0.25, 0.3) is 0 Å². The number of esters is 1. The number of ether oxygens (including phenoxy) is 2. The molecule has 0 aliphatic carbocycles. The minimum Gasteiger partial charge on any atom is -0.469 e. The monoisotopic (exact) mass is 299 g/mol. The molecule has 0 unspecified atom stereocenters. The summed E-state index contributed by atoms with van der Waals surface area (Å²) in [4.78, 5) is 15.9. The Hall–Kier alpha value is -1.94. The van der Waals surface area contributed by atoms with Gasteiger partial charge >= 0.3 is 5.97 Å². The van der Waals surface area contributed by atoms with E-state index in [-0.39, 0.29) is 5.97 Å². The van der Waals surface area contributed by atoms with Gasteiger partial charge in [0.15, 0.2) is 0 Å². The maximum Gasteiger partial charge on any atom is 0.309 e. The highest BCUT2D eigenvalue weighted by molar-refractivity contribution is 5.81. The van der Waals surface area contributed by atoms with Crippen molar-refractivity contribution in [2.45, 2.75) is 25.7 Å². The molecule has 0 bridgehead atoms. The first kappa shape index (κ1) is 15.0. The molecule has 2 heterocycles. The third-order valence-corrected chi connectivity index (χ3v) is 4.24. The van der Waals surface area contributed by atoms with E-state index in [1.807, 2.05) is 24.4 Å². The third-order valence-electron chi connectivity index (χ3n) is 4.24. The second kappa shape index (κ2) is 6.88. The topological polar surface area (TPSA) is 48.4 Å². The highest BCUT2D eigenvalue weighted by Gasteiger charge is 2.14. The number of fused-ring (bicyclic) bond motifs is 1. The van der Waals surface area contributed by atoms with Crippen LogP contribution >= 0.6 is 0 Å². The minimum absolute atomic E-state index is 0.217. The summed E-state index contributed by atoms with van der Waals surface area (Å²) >= 11 is 0. The number of rotatable bonds is 4. The molecule has 1 aliphatic rings. The molecule has 3 rings (SSSR count). The Morgan fingerprint density at radius 2 is 2.05 bits per heavy atom. The molecule has 22 heavy (non-hydrogen) atoms. The summed E-state index contributed by atoms with van der Waals surface area (Å²) in [5.74, 6) is 0.469. The van der Waals surface area contributed by atoms with Crippen LogP contribution in [0.4, 0.5) is 0 Å². The molecule has 0 N–H and O–H groups in total. The Morgan fingerprint density at radius 3 is 2.82 bits per heavy atom. The van der Waals surface area contributed by atoms with Crippen LogP contribution in [0.1, 0.15) is 24.0 Å². The van der Waals surface area contributed by atoms with Crippen molar-refractivity contribution in [1.82, 2.24) is 4.98 Å². The lowest BCUT2D eigenvalue weighted by Gasteiger charge is -2.21. The SMILES string of the molecule is COC(=O)Cc1ccc2ncc(CC3CCOCC3)cc2c1. The van der Waals surface area contributed by atoms with Crippen molar-refractivity contribution in [2.24, 2.45) is 5.92 Å². The van der Waals surface area contributed by atoms with E-state index in [0.29, 0.717) is 12.3 Å². The summed E-state index contributed by atoms with van der Waals surface area (Å²) in [6.45, 7) is 1.74. The van der Waals surface area contributed by atoms with Gasteiger partial charge in [0, 0.05) is 24.8 Å². The fraction of sp³-hybridized carbons (Fsp3) is 0.444. The van der Waals surface area contributed by atoms with Crippen LogP contribution in [0, 0.1) is 5.92 Å². The molecule has 4 nitrogen and oxygen atoms in total. The summed E-state index contributed by atoms with van der Waals surface area (Å²) in [6.07, 6.45) is 5.57. The lowest BCUT2D eigenvalue weighted by atomic mass is 9.92. The Balaban J connectivity index is 1.79. The fourth-order valence-electron chi connectivity index (χ4n) is 2.97. The van der Waals surface area contributed by atoms with E-state index in [9.17, 15) is 4.79 Å².